The number of hydrogen-bond acceptors (Lipinski definition) is 5. The predicted octanol–water partition coefficient (Wildman–Crippen LogP) is 3.34. The van der Waals surface area contributed by atoms with Gasteiger partial charge in [-0.15, -0.1) is 0 Å². The topological polar surface area (TPSA) is 65.7 Å². The summed E-state index contributed by atoms with van der Waals surface area (Å²) >= 11 is 0. The maximum Gasteiger partial charge on any atom is 0.139 e. The van der Waals surface area contributed by atoms with Crippen molar-refractivity contribution in [3.8, 4) is 11.5 Å². The molecule has 0 saturated carbocycles. The summed E-state index contributed by atoms with van der Waals surface area (Å²) in [6, 6.07) is 15.3. The van der Waals surface area contributed by atoms with Gasteiger partial charge in [0.15, 0.2) is 0 Å². The van der Waals surface area contributed by atoms with Gasteiger partial charge in [0.1, 0.15) is 36.1 Å². The number of rotatable bonds is 7. The Labute approximate surface area is 158 Å². The van der Waals surface area contributed by atoms with Gasteiger partial charge in [-0.25, -0.2) is 4.98 Å². The minimum atomic E-state index is -0.672. The molecule has 6 nitrogen and oxygen atoms in total. The maximum absolute atomic E-state index is 10.6. The average molecular weight is 368 g/mol. The van der Waals surface area contributed by atoms with Crippen LogP contribution in [0, 0.1) is 0 Å². The number of hydrogen-bond donors (Lipinski definition) is 1. The van der Waals surface area contributed by atoms with Crippen LogP contribution in [-0.2, 0) is 11.3 Å². The molecule has 4 rings (SSSR count). The molecule has 2 unspecified atom stereocenters. The molecular formula is C21H24N2O4. The second kappa shape index (κ2) is 7.98. The number of nitrogens with zero attached hydrogens (tertiary/aromatic N) is 2. The Morgan fingerprint density at radius 3 is 2.89 bits per heavy atom. The van der Waals surface area contributed by atoms with Crippen LogP contribution in [0.15, 0.2) is 48.5 Å². The van der Waals surface area contributed by atoms with Crippen LogP contribution in [0.25, 0.3) is 11.0 Å². The van der Waals surface area contributed by atoms with Crippen LogP contribution in [0.5, 0.6) is 11.5 Å². The Morgan fingerprint density at radius 1 is 1.22 bits per heavy atom. The van der Waals surface area contributed by atoms with Crippen molar-refractivity contribution in [2.75, 3.05) is 20.3 Å². The average Bonchev–Trinajstić information content (AvgIpc) is 3.35. The second-order valence-electron chi connectivity index (χ2n) is 6.71. The van der Waals surface area contributed by atoms with E-state index in [0.29, 0.717) is 12.3 Å². The number of para-hydroxylation sites is 2. The molecule has 1 saturated heterocycles. The third-order valence-corrected chi connectivity index (χ3v) is 4.78. The van der Waals surface area contributed by atoms with Crippen molar-refractivity contribution in [1.82, 2.24) is 9.55 Å². The van der Waals surface area contributed by atoms with E-state index in [2.05, 4.69) is 4.57 Å². The molecule has 1 N–H and O–H groups in total. The Kier molecular flexibility index (Phi) is 5.27. The number of aromatic nitrogens is 2. The molecule has 2 heterocycles. The number of benzene rings is 2. The van der Waals surface area contributed by atoms with Crippen LogP contribution < -0.4 is 9.47 Å². The Balaban J connectivity index is 1.50. The number of ether oxygens (including phenoxy) is 3. The first-order valence-corrected chi connectivity index (χ1v) is 9.26. The van der Waals surface area contributed by atoms with Crippen LogP contribution in [0.3, 0.4) is 0 Å². The van der Waals surface area contributed by atoms with Crippen molar-refractivity contribution < 1.29 is 19.3 Å². The SMILES string of the molecule is COc1cccc(OCC(O)Cn2c(C3CCCO3)nc3ccccc32)c1. The number of aliphatic hydroxyl groups excluding tert-OH is 1. The van der Waals surface area contributed by atoms with Crippen molar-refractivity contribution in [2.45, 2.75) is 31.6 Å². The molecule has 1 aromatic heterocycles. The van der Waals surface area contributed by atoms with Crippen LogP contribution in [0.4, 0.5) is 0 Å². The molecule has 0 radical (unpaired) electrons. The molecule has 1 aliphatic rings. The number of fused-ring (bicyclic) bond motifs is 1. The van der Waals surface area contributed by atoms with E-state index in [1.807, 2.05) is 42.5 Å². The highest BCUT2D eigenvalue weighted by Crippen LogP contribution is 2.30. The van der Waals surface area contributed by atoms with Crippen LogP contribution in [0.1, 0.15) is 24.8 Å². The molecule has 1 aliphatic heterocycles. The molecule has 0 amide bonds. The quantitative estimate of drug-likeness (QED) is 0.693. The molecule has 1 fully saturated rings. The molecule has 6 heteroatoms. The van der Waals surface area contributed by atoms with Crippen LogP contribution >= 0.6 is 0 Å². The third-order valence-electron chi connectivity index (χ3n) is 4.78. The molecule has 2 aromatic carbocycles. The predicted molar refractivity (Wildman–Crippen MR) is 102 cm³/mol. The van der Waals surface area contributed by atoms with Gasteiger partial charge in [-0.1, -0.05) is 18.2 Å². The van der Waals surface area contributed by atoms with Crippen molar-refractivity contribution >= 4 is 11.0 Å². The van der Waals surface area contributed by atoms with Gasteiger partial charge in [0.25, 0.3) is 0 Å². The summed E-state index contributed by atoms with van der Waals surface area (Å²) < 4.78 is 18.8. The lowest BCUT2D eigenvalue weighted by molar-refractivity contribution is 0.0805. The minimum Gasteiger partial charge on any atom is -0.497 e. The fourth-order valence-corrected chi connectivity index (χ4v) is 3.46. The minimum absolute atomic E-state index is 0.0103. The van der Waals surface area contributed by atoms with Crippen molar-refractivity contribution in [3.63, 3.8) is 0 Å². The maximum atomic E-state index is 10.6. The molecule has 3 aromatic rings. The van der Waals surface area contributed by atoms with Gasteiger partial charge in [0.05, 0.1) is 24.7 Å². The molecule has 0 spiro atoms. The van der Waals surface area contributed by atoms with E-state index < -0.39 is 6.10 Å². The van der Waals surface area contributed by atoms with E-state index in [9.17, 15) is 5.11 Å². The van der Waals surface area contributed by atoms with Crippen molar-refractivity contribution in [3.05, 3.63) is 54.4 Å². The highest BCUT2D eigenvalue weighted by Gasteiger charge is 2.25. The molecule has 27 heavy (non-hydrogen) atoms. The molecule has 0 aliphatic carbocycles. The fraction of sp³-hybridized carbons (Fsp3) is 0.381. The molecule has 0 bridgehead atoms. The zero-order chi connectivity index (χ0) is 18.6. The van der Waals surface area contributed by atoms with Gasteiger partial charge in [0.2, 0.25) is 0 Å². The normalized spacial score (nSPS) is 17.9. The standard InChI is InChI=1S/C21H24N2O4/c1-25-16-6-4-7-17(12-16)27-14-15(24)13-23-19-9-3-2-8-18(19)22-21(23)20-10-5-11-26-20/h2-4,6-9,12,15,20,24H,5,10-11,13-14H2,1H3. The summed E-state index contributed by atoms with van der Waals surface area (Å²) in [6.07, 6.45) is 1.31. The van der Waals surface area contributed by atoms with E-state index in [1.54, 1.807) is 13.2 Å². The zero-order valence-corrected chi connectivity index (χ0v) is 15.4. The summed E-state index contributed by atoms with van der Waals surface area (Å²) in [4.78, 5) is 4.76. The van der Waals surface area contributed by atoms with Crippen molar-refractivity contribution in [1.29, 1.82) is 0 Å². The fourth-order valence-electron chi connectivity index (χ4n) is 3.46. The van der Waals surface area contributed by atoms with Gasteiger partial charge in [-0.3, -0.25) is 0 Å². The lowest BCUT2D eigenvalue weighted by Crippen LogP contribution is -2.25. The summed E-state index contributed by atoms with van der Waals surface area (Å²) in [5, 5.41) is 10.6. The Bertz CT molecular complexity index is 902. The van der Waals surface area contributed by atoms with Gasteiger partial charge < -0.3 is 23.9 Å². The summed E-state index contributed by atoms with van der Waals surface area (Å²) in [6.45, 7) is 1.35. The molecule has 142 valence electrons. The lowest BCUT2D eigenvalue weighted by Gasteiger charge is -2.18. The monoisotopic (exact) mass is 368 g/mol. The van der Waals surface area contributed by atoms with Crippen LogP contribution in [-0.4, -0.2) is 41.1 Å². The van der Waals surface area contributed by atoms with E-state index in [-0.39, 0.29) is 12.7 Å². The van der Waals surface area contributed by atoms with E-state index >= 15 is 0 Å². The first kappa shape index (κ1) is 17.8. The summed E-state index contributed by atoms with van der Waals surface area (Å²) in [5.41, 5.74) is 1.92. The van der Waals surface area contributed by atoms with Gasteiger partial charge >= 0.3 is 0 Å². The summed E-state index contributed by atoms with van der Waals surface area (Å²) in [7, 11) is 1.62. The second-order valence-corrected chi connectivity index (χ2v) is 6.71. The van der Waals surface area contributed by atoms with Gasteiger partial charge in [-0.2, -0.15) is 0 Å². The largest absolute Gasteiger partial charge is 0.497 e. The van der Waals surface area contributed by atoms with E-state index in [1.165, 1.54) is 0 Å². The highest BCUT2D eigenvalue weighted by molar-refractivity contribution is 5.76. The number of aliphatic hydroxyl groups is 1. The number of imidazole rings is 1. The smallest absolute Gasteiger partial charge is 0.139 e. The van der Waals surface area contributed by atoms with Gasteiger partial charge in [-0.05, 0) is 37.1 Å². The third kappa shape index (κ3) is 3.91. The highest BCUT2D eigenvalue weighted by atomic mass is 16.5. The molecular weight excluding hydrogens is 344 g/mol. The van der Waals surface area contributed by atoms with Crippen LogP contribution in [0.2, 0.25) is 0 Å². The Hall–Kier alpha value is -2.57. The first-order chi connectivity index (χ1) is 13.2. The first-order valence-electron chi connectivity index (χ1n) is 9.26. The van der Waals surface area contributed by atoms with Crippen molar-refractivity contribution in [2.24, 2.45) is 0 Å². The van der Waals surface area contributed by atoms with E-state index in [0.717, 1.165) is 42.1 Å². The van der Waals surface area contributed by atoms with Gasteiger partial charge in [0, 0.05) is 12.7 Å². The lowest BCUT2D eigenvalue weighted by atomic mass is 10.2. The summed E-state index contributed by atoms with van der Waals surface area (Å²) in [5.74, 6) is 2.28. The Morgan fingerprint density at radius 2 is 2.07 bits per heavy atom. The molecule has 2 atom stereocenters. The number of methoxy groups -OCH3 is 1. The zero-order valence-electron chi connectivity index (χ0n) is 15.4. The van der Waals surface area contributed by atoms with E-state index in [4.69, 9.17) is 19.2 Å².